The van der Waals surface area contributed by atoms with E-state index in [9.17, 15) is 0 Å². The summed E-state index contributed by atoms with van der Waals surface area (Å²) in [6.07, 6.45) is 49.8. The first-order chi connectivity index (χ1) is 24.6. The summed E-state index contributed by atoms with van der Waals surface area (Å²) in [6, 6.07) is 0. The van der Waals surface area contributed by atoms with Crippen LogP contribution in [0.15, 0.2) is 0 Å². The Balaban J connectivity index is 3.90. The first-order valence-electron chi connectivity index (χ1n) is 24.3. The van der Waals surface area contributed by atoms with Crippen LogP contribution in [0.2, 0.25) is 0 Å². The van der Waals surface area contributed by atoms with Crippen LogP contribution in [-0.4, -0.2) is 61.3 Å². The van der Waals surface area contributed by atoms with Crippen molar-refractivity contribution in [3.05, 3.63) is 0 Å². The molecule has 0 aliphatic heterocycles. The predicted molar refractivity (Wildman–Crippen MR) is 230 cm³/mol. The molecule has 302 valence electrons. The Morgan fingerprint density at radius 2 is 0.320 bits per heavy atom. The van der Waals surface area contributed by atoms with Gasteiger partial charge in [-0.25, -0.2) is 0 Å². The van der Waals surface area contributed by atoms with Gasteiger partial charge in [0, 0.05) is 12.8 Å². The van der Waals surface area contributed by atoms with Gasteiger partial charge in [0.2, 0.25) is 0 Å². The molecule has 0 radical (unpaired) electrons. The summed E-state index contributed by atoms with van der Waals surface area (Å²) in [4.78, 5) is 0. The lowest BCUT2D eigenvalue weighted by atomic mass is 10.0. The van der Waals surface area contributed by atoms with Crippen LogP contribution in [0.4, 0.5) is 0 Å². The molecule has 0 unspecified atom stereocenters. The van der Waals surface area contributed by atoms with Crippen molar-refractivity contribution in [1.29, 1.82) is 0 Å². The first kappa shape index (κ1) is 49.9. The molecular weight excluding hydrogens is 605 g/mol. The summed E-state index contributed by atoms with van der Waals surface area (Å²) in [7, 11) is 0. The molecule has 0 saturated carbocycles. The Morgan fingerprint density at radius 3 is 0.480 bits per heavy atom. The van der Waals surface area contributed by atoms with E-state index in [1.165, 1.54) is 280 Å². The molecule has 2 heteroatoms. The van der Waals surface area contributed by atoms with Crippen LogP contribution in [0.5, 0.6) is 0 Å². The van der Waals surface area contributed by atoms with Crippen molar-refractivity contribution in [2.75, 3.05) is 52.4 Å². The minimum Gasteiger partial charge on any atom is -0.324 e. The highest BCUT2D eigenvalue weighted by Crippen LogP contribution is 2.19. The highest BCUT2D eigenvalue weighted by Gasteiger charge is 2.25. The monoisotopic (exact) mass is 707 g/mol. The number of quaternary nitrogens is 2. The van der Waals surface area contributed by atoms with E-state index in [1.807, 2.05) is 0 Å². The molecular formula is C48H102N2+2. The smallest absolute Gasteiger partial charge is 0.0788 e. The lowest BCUT2D eigenvalue weighted by Gasteiger charge is -2.39. The molecule has 0 heterocycles. The van der Waals surface area contributed by atoms with Crippen LogP contribution in [0.25, 0.3) is 0 Å². The number of rotatable bonds is 43. The predicted octanol–water partition coefficient (Wildman–Crippen LogP) is 16.0. The maximum absolute atomic E-state index is 2.46. The third-order valence-electron chi connectivity index (χ3n) is 13.2. The van der Waals surface area contributed by atoms with Crippen molar-refractivity contribution >= 4 is 0 Å². The topological polar surface area (TPSA) is 0 Å². The van der Waals surface area contributed by atoms with E-state index in [-0.39, 0.29) is 0 Å². The normalized spacial score (nSPS) is 12.4. The molecule has 0 saturated heterocycles. The van der Waals surface area contributed by atoms with E-state index in [4.69, 9.17) is 0 Å². The maximum atomic E-state index is 2.46. The zero-order valence-corrected chi connectivity index (χ0v) is 36.6. The molecule has 0 aliphatic rings. The molecule has 50 heavy (non-hydrogen) atoms. The van der Waals surface area contributed by atoms with Crippen molar-refractivity contribution in [1.82, 2.24) is 0 Å². The van der Waals surface area contributed by atoms with Crippen LogP contribution >= 0.6 is 0 Å². The molecule has 0 aromatic heterocycles. The van der Waals surface area contributed by atoms with Gasteiger partial charge in [0.25, 0.3) is 0 Å². The van der Waals surface area contributed by atoms with Crippen LogP contribution in [0, 0.1) is 0 Å². The second-order valence-corrected chi connectivity index (χ2v) is 17.2. The van der Waals surface area contributed by atoms with Gasteiger partial charge in [-0.3, -0.25) is 0 Å². The summed E-state index contributed by atoms with van der Waals surface area (Å²) in [6.45, 7) is 25.5. The van der Waals surface area contributed by atoms with E-state index >= 15 is 0 Å². The van der Waals surface area contributed by atoms with Crippen molar-refractivity contribution in [3.8, 4) is 0 Å². The number of hydrogen-bond donors (Lipinski definition) is 0. The van der Waals surface area contributed by atoms with E-state index in [0.29, 0.717) is 0 Å². The van der Waals surface area contributed by atoms with Gasteiger partial charge in [0.15, 0.2) is 0 Å². The third kappa shape index (κ3) is 30.4. The van der Waals surface area contributed by atoms with Gasteiger partial charge in [-0.2, -0.15) is 0 Å². The molecule has 0 spiro atoms. The fourth-order valence-electron chi connectivity index (χ4n) is 8.82. The molecule has 0 amide bonds. The zero-order valence-electron chi connectivity index (χ0n) is 36.6. The van der Waals surface area contributed by atoms with Gasteiger partial charge in [-0.05, 0) is 53.4 Å². The second kappa shape index (κ2) is 38.6. The van der Waals surface area contributed by atoms with Crippen LogP contribution in [0.3, 0.4) is 0 Å². The molecule has 2 nitrogen and oxygen atoms in total. The Morgan fingerprint density at radius 1 is 0.180 bits per heavy atom. The average molecular weight is 707 g/mol. The second-order valence-electron chi connectivity index (χ2n) is 17.2. The summed E-state index contributed by atoms with van der Waals surface area (Å²) >= 11 is 0. The van der Waals surface area contributed by atoms with E-state index < -0.39 is 0 Å². The zero-order chi connectivity index (χ0) is 36.7. The molecule has 0 atom stereocenters. The number of nitrogens with zero attached hydrogens (tertiary/aromatic N) is 2. The van der Waals surface area contributed by atoms with Crippen LogP contribution < -0.4 is 0 Å². The Hall–Kier alpha value is -0.0800. The molecule has 0 rings (SSSR count). The summed E-state index contributed by atoms with van der Waals surface area (Å²) in [5.74, 6) is 0. The van der Waals surface area contributed by atoms with E-state index in [1.54, 1.807) is 0 Å². The van der Waals surface area contributed by atoms with Gasteiger partial charge in [0.1, 0.15) is 0 Å². The maximum Gasteiger partial charge on any atom is 0.0788 e. The molecule has 0 fully saturated rings. The van der Waals surface area contributed by atoms with Gasteiger partial charge >= 0.3 is 0 Å². The highest BCUT2D eigenvalue weighted by atomic mass is 15.4. The molecule has 0 aliphatic carbocycles. The van der Waals surface area contributed by atoms with Gasteiger partial charge < -0.3 is 8.97 Å². The van der Waals surface area contributed by atoms with Crippen molar-refractivity contribution in [2.45, 2.75) is 260 Å². The highest BCUT2D eigenvalue weighted by molar-refractivity contribution is 4.54. The van der Waals surface area contributed by atoms with Gasteiger partial charge in [0.05, 0.1) is 52.4 Å². The van der Waals surface area contributed by atoms with Crippen LogP contribution in [0.1, 0.15) is 260 Å². The minimum absolute atomic E-state index is 1.33. The SMILES string of the molecule is CCCCCCCCCCCCCCCCCC[N+](CC)(CC)CCCC[N+](CC)(CC)CCCCCCCCCCCCCCCCCC. The number of unbranched alkanes of at least 4 members (excludes halogenated alkanes) is 31. The van der Waals surface area contributed by atoms with Gasteiger partial charge in [-0.1, -0.05) is 194 Å². The number of hydrogen-bond acceptors (Lipinski definition) is 0. The Labute approximate surface area is 320 Å². The van der Waals surface area contributed by atoms with Crippen molar-refractivity contribution in [3.63, 3.8) is 0 Å². The first-order valence-corrected chi connectivity index (χ1v) is 24.3. The Kier molecular flexibility index (Phi) is 38.6. The molecule has 0 aromatic carbocycles. The van der Waals surface area contributed by atoms with E-state index in [2.05, 4.69) is 41.5 Å². The molecule has 0 bridgehead atoms. The fraction of sp³-hybridized carbons (Fsp3) is 1.00. The largest absolute Gasteiger partial charge is 0.324 e. The quantitative estimate of drug-likeness (QED) is 0.0437. The lowest BCUT2D eigenvalue weighted by molar-refractivity contribution is -0.931. The summed E-state index contributed by atoms with van der Waals surface area (Å²) in [5.41, 5.74) is 0. The van der Waals surface area contributed by atoms with E-state index in [0.717, 1.165) is 0 Å². The lowest BCUT2D eigenvalue weighted by Crippen LogP contribution is -2.51. The summed E-state index contributed by atoms with van der Waals surface area (Å²) in [5, 5.41) is 0. The third-order valence-corrected chi connectivity index (χ3v) is 13.2. The van der Waals surface area contributed by atoms with Crippen molar-refractivity contribution in [2.24, 2.45) is 0 Å². The fourth-order valence-corrected chi connectivity index (χ4v) is 8.82. The summed E-state index contributed by atoms with van der Waals surface area (Å²) < 4.78 is 2.74. The average Bonchev–Trinajstić information content (AvgIpc) is 3.14. The Bertz CT molecular complexity index is 568. The molecule has 0 N–H and O–H groups in total. The van der Waals surface area contributed by atoms with Crippen LogP contribution in [-0.2, 0) is 0 Å². The van der Waals surface area contributed by atoms with Crippen molar-refractivity contribution < 1.29 is 8.97 Å². The minimum atomic E-state index is 1.33. The van der Waals surface area contributed by atoms with Gasteiger partial charge in [-0.15, -0.1) is 0 Å². The standard InChI is InChI=1S/C48H102N2/c1-7-13-15-17-19-21-23-25-27-29-31-33-35-37-39-41-45-49(9-3,10-4)47-43-44-48-50(11-5,12-6)46-42-40-38-36-34-32-30-28-26-24-22-20-18-16-14-8-2/h7-48H2,1-6H3/q+2. The molecule has 0 aromatic rings.